The topological polar surface area (TPSA) is 0 Å². The van der Waals surface area contributed by atoms with Crippen molar-refractivity contribution in [3.8, 4) is 0 Å². The molecule has 0 fully saturated rings. The Balaban J connectivity index is 2.45. The Morgan fingerprint density at radius 3 is 2.42 bits per heavy atom. The second kappa shape index (κ2) is 5.19. The van der Waals surface area contributed by atoms with Crippen molar-refractivity contribution < 1.29 is 0 Å². The first-order chi connectivity index (χ1) is 9.15. The molecule has 3 heteroatoms. The lowest BCUT2D eigenvalue weighted by Crippen LogP contribution is -1.83. The van der Waals surface area contributed by atoms with Crippen molar-refractivity contribution in [2.24, 2.45) is 0 Å². The van der Waals surface area contributed by atoms with Crippen LogP contribution in [0.4, 0.5) is 0 Å². The minimum atomic E-state index is 1.06. The van der Waals surface area contributed by atoms with Crippen molar-refractivity contribution in [3.63, 3.8) is 0 Å². The van der Waals surface area contributed by atoms with Gasteiger partial charge in [0, 0.05) is 29.1 Å². The predicted molar refractivity (Wildman–Crippen MR) is 93.5 cm³/mol. The van der Waals surface area contributed by atoms with Gasteiger partial charge in [0.1, 0.15) is 0 Å². The van der Waals surface area contributed by atoms with Gasteiger partial charge in [-0.3, -0.25) is 0 Å². The SMILES string of the molecule is CCc1cc2c(cc1Br)sc1c(CC)c(Br)ccc12. The van der Waals surface area contributed by atoms with E-state index in [1.807, 2.05) is 11.3 Å². The molecule has 0 aliphatic carbocycles. The van der Waals surface area contributed by atoms with E-state index >= 15 is 0 Å². The third-order valence-corrected chi connectivity index (χ3v) is 6.30. The molecular weight excluding hydrogens is 384 g/mol. The fraction of sp³-hybridized carbons (Fsp3) is 0.250. The van der Waals surface area contributed by atoms with E-state index in [1.54, 1.807) is 0 Å². The quantitative estimate of drug-likeness (QED) is 0.451. The van der Waals surface area contributed by atoms with Crippen molar-refractivity contribution >= 4 is 63.4 Å². The first-order valence-electron chi connectivity index (χ1n) is 6.47. The molecule has 98 valence electrons. The largest absolute Gasteiger partial charge is 0.135 e. The lowest BCUT2D eigenvalue weighted by Gasteiger charge is -2.03. The molecular formula is C16H14Br2S. The molecule has 3 rings (SSSR count). The highest BCUT2D eigenvalue weighted by atomic mass is 79.9. The predicted octanol–water partition coefficient (Wildman–Crippen LogP) is 6.70. The number of halogens is 2. The maximum Gasteiger partial charge on any atom is 0.0398 e. The fourth-order valence-corrected chi connectivity index (χ4v) is 5.40. The fourth-order valence-electron chi connectivity index (χ4n) is 2.54. The van der Waals surface area contributed by atoms with E-state index in [0.29, 0.717) is 0 Å². The molecule has 0 nitrogen and oxygen atoms in total. The summed E-state index contributed by atoms with van der Waals surface area (Å²) in [7, 11) is 0. The van der Waals surface area contributed by atoms with E-state index < -0.39 is 0 Å². The van der Waals surface area contributed by atoms with Gasteiger partial charge in [0.25, 0.3) is 0 Å². The van der Waals surface area contributed by atoms with Crippen LogP contribution in [0.2, 0.25) is 0 Å². The lowest BCUT2D eigenvalue weighted by atomic mass is 10.1. The van der Waals surface area contributed by atoms with Crippen molar-refractivity contribution in [1.29, 1.82) is 0 Å². The lowest BCUT2D eigenvalue weighted by molar-refractivity contribution is 1.13. The second-order valence-electron chi connectivity index (χ2n) is 4.65. The smallest absolute Gasteiger partial charge is 0.0398 e. The summed E-state index contributed by atoms with van der Waals surface area (Å²) in [5, 5.41) is 2.78. The highest BCUT2D eigenvalue weighted by Gasteiger charge is 2.12. The Morgan fingerprint density at radius 1 is 0.947 bits per heavy atom. The molecule has 0 aliphatic heterocycles. The number of aryl methyl sites for hydroxylation is 2. The number of thiophene rings is 1. The molecule has 0 atom stereocenters. The van der Waals surface area contributed by atoms with Gasteiger partial charge in [-0.25, -0.2) is 0 Å². The molecule has 0 saturated heterocycles. The van der Waals surface area contributed by atoms with Gasteiger partial charge in [-0.1, -0.05) is 51.8 Å². The minimum absolute atomic E-state index is 1.06. The Morgan fingerprint density at radius 2 is 1.74 bits per heavy atom. The van der Waals surface area contributed by atoms with Crippen LogP contribution in [0.25, 0.3) is 20.2 Å². The summed E-state index contributed by atoms with van der Waals surface area (Å²) in [5.74, 6) is 0. The zero-order valence-corrected chi connectivity index (χ0v) is 14.9. The summed E-state index contributed by atoms with van der Waals surface area (Å²) in [5.41, 5.74) is 2.81. The summed E-state index contributed by atoms with van der Waals surface area (Å²) in [6.07, 6.45) is 2.12. The van der Waals surface area contributed by atoms with Crippen LogP contribution in [0.1, 0.15) is 25.0 Å². The van der Waals surface area contributed by atoms with Crippen LogP contribution in [0.3, 0.4) is 0 Å². The minimum Gasteiger partial charge on any atom is -0.135 e. The van der Waals surface area contributed by atoms with E-state index in [9.17, 15) is 0 Å². The van der Waals surface area contributed by atoms with Gasteiger partial charge in [0.15, 0.2) is 0 Å². The molecule has 0 N–H and O–H groups in total. The van der Waals surface area contributed by atoms with Crippen molar-refractivity contribution in [1.82, 2.24) is 0 Å². The highest BCUT2D eigenvalue weighted by molar-refractivity contribution is 9.10. The monoisotopic (exact) mass is 396 g/mol. The normalized spacial score (nSPS) is 11.6. The molecule has 0 saturated carbocycles. The van der Waals surface area contributed by atoms with E-state index in [4.69, 9.17) is 0 Å². The summed E-state index contributed by atoms with van der Waals surface area (Å²) >= 11 is 9.26. The van der Waals surface area contributed by atoms with Gasteiger partial charge < -0.3 is 0 Å². The van der Waals surface area contributed by atoms with Crippen molar-refractivity contribution in [2.75, 3.05) is 0 Å². The van der Waals surface area contributed by atoms with Gasteiger partial charge in [0.05, 0.1) is 0 Å². The molecule has 0 spiro atoms. The van der Waals surface area contributed by atoms with E-state index in [1.165, 1.54) is 40.2 Å². The molecule has 19 heavy (non-hydrogen) atoms. The molecule has 0 amide bonds. The van der Waals surface area contributed by atoms with Crippen LogP contribution in [0.5, 0.6) is 0 Å². The molecule has 1 aromatic heterocycles. The zero-order valence-electron chi connectivity index (χ0n) is 10.9. The Labute approximate surface area is 134 Å². The van der Waals surface area contributed by atoms with Crippen LogP contribution in [-0.2, 0) is 12.8 Å². The van der Waals surface area contributed by atoms with Gasteiger partial charge in [-0.2, -0.15) is 0 Å². The van der Waals surface area contributed by atoms with Crippen LogP contribution < -0.4 is 0 Å². The van der Waals surface area contributed by atoms with Crippen LogP contribution in [-0.4, -0.2) is 0 Å². The molecule has 2 aromatic carbocycles. The number of hydrogen-bond acceptors (Lipinski definition) is 1. The Kier molecular flexibility index (Phi) is 3.71. The Hall–Kier alpha value is -0.380. The van der Waals surface area contributed by atoms with Crippen LogP contribution in [0.15, 0.2) is 33.2 Å². The summed E-state index contributed by atoms with van der Waals surface area (Å²) in [4.78, 5) is 0. The third kappa shape index (κ3) is 2.16. The summed E-state index contributed by atoms with van der Waals surface area (Å²) < 4.78 is 5.24. The Bertz CT molecular complexity index is 771. The number of benzene rings is 2. The van der Waals surface area contributed by atoms with Gasteiger partial charge in [-0.05, 0) is 42.2 Å². The molecule has 0 aliphatic rings. The first kappa shape index (κ1) is 13.6. The number of rotatable bonds is 2. The van der Waals surface area contributed by atoms with Gasteiger partial charge in [0.2, 0.25) is 0 Å². The zero-order chi connectivity index (χ0) is 13.6. The van der Waals surface area contributed by atoms with Crippen LogP contribution in [0, 0.1) is 0 Å². The summed E-state index contributed by atoms with van der Waals surface area (Å²) in [6.45, 7) is 4.42. The molecule has 3 aromatic rings. The number of hydrogen-bond donors (Lipinski definition) is 0. The average Bonchev–Trinajstić information content (AvgIpc) is 2.74. The molecule has 0 unspecified atom stereocenters. The molecule has 1 heterocycles. The van der Waals surface area contributed by atoms with Gasteiger partial charge in [-0.15, -0.1) is 11.3 Å². The maximum atomic E-state index is 3.68. The standard InChI is InChI=1S/C16H14Br2S/c1-3-9-7-12-11-5-6-13(17)10(4-2)16(11)19-15(12)8-14(9)18/h5-8H,3-4H2,1-2H3. The first-order valence-corrected chi connectivity index (χ1v) is 8.88. The number of fused-ring (bicyclic) bond motifs is 3. The van der Waals surface area contributed by atoms with E-state index in [2.05, 4.69) is 70.0 Å². The average molecular weight is 398 g/mol. The summed E-state index contributed by atoms with van der Waals surface area (Å²) in [6, 6.07) is 9.03. The third-order valence-electron chi connectivity index (χ3n) is 3.59. The second-order valence-corrected chi connectivity index (χ2v) is 7.41. The molecule has 0 radical (unpaired) electrons. The van der Waals surface area contributed by atoms with E-state index in [-0.39, 0.29) is 0 Å². The van der Waals surface area contributed by atoms with Gasteiger partial charge >= 0.3 is 0 Å². The van der Waals surface area contributed by atoms with Crippen LogP contribution >= 0.6 is 43.2 Å². The van der Waals surface area contributed by atoms with Crippen molar-refractivity contribution in [3.05, 3.63) is 44.3 Å². The van der Waals surface area contributed by atoms with Crippen molar-refractivity contribution in [2.45, 2.75) is 26.7 Å². The molecule has 0 bridgehead atoms. The maximum absolute atomic E-state index is 3.68. The highest BCUT2D eigenvalue weighted by Crippen LogP contribution is 2.40. The van der Waals surface area contributed by atoms with E-state index in [0.717, 1.165) is 12.8 Å².